The lowest BCUT2D eigenvalue weighted by Gasteiger charge is -2.25. The zero-order valence-corrected chi connectivity index (χ0v) is 10.5. The molecule has 0 aromatic heterocycles. The molecule has 0 radical (unpaired) electrons. The molecule has 0 fully saturated rings. The smallest absolute Gasteiger partial charge is 0.302 e. The molecule has 0 N–H and O–H groups in total. The molecule has 0 aliphatic carbocycles. The van der Waals surface area contributed by atoms with Gasteiger partial charge in [0, 0.05) is 6.92 Å². The van der Waals surface area contributed by atoms with E-state index in [1.807, 2.05) is 24.3 Å². The van der Waals surface area contributed by atoms with E-state index in [0.29, 0.717) is 6.61 Å². The van der Waals surface area contributed by atoms with Crippen molar-refractivity contribution in [3.63, 3.8) is 0 Å². The SMILES string of the molecule is CC(=O)OC[C@H]1C=CC[C@H](Cc2ccccc2)O1. The lowest BCUT2D eigenvalue weighted by Crippen LogP contribution is -2.29. The van der Waals surface area contributed by atoms with E-state index in [9.17, 15) is 4.79 Å². The Morgan fingerprint density at radius 3 is 2.89 bits per heavy atom. The predicted octanol–water partition coefficient (Wildman–Crippen LogP) is 2.51. The van der Waals surface area contributed by atoms with Crippen LogP contribution in [0.15, 0.2) is 42.5 Å². The van der Waals surface area contributed by atoms with Crippen LogP contribution in [-0.2, 0) is 20.7 Å². The van der Waals surface area contributed by atoms with Gasteiger partial charge in [0.2, 0.25) is 0 Å². The lowest BCUT2D eigenvalue weighted by molar-refractivity contribution is -0.145. The lowest BCUT2D eigenvalue weighted by atomic mass is 10.0. The van der Waals surface area contributed by atoms with Crippen molar-refractivity contribution in [1.82, 2.24) is 0 Å². The summed E-state index contributed by atoms with van der Waals surface area (Å²) in [5, 5.41) is 0. The first-order valence-electron chi connectivity index (χ1n) is 6.23. The molecule has 18 heavy (non-hydrogen) atoms. The van der Waals surface area contributed by atoms with Crippen LogP contribution in [0.3, 0.4) is 0 Å². The number of benzene rings is 1. The molecule has 1 heterocycles. The summed E-state index contributed by atoms with van der Waals surface area (Å²) in [7, 11) is 0. The first-order valence-corrected chi connectivity index (χ1v) is 6.23. The van der Waals surface area contributed by atoms with Gasteiger partial charge in [0.05, 0.1) is 6.10 Å². The van der Waals surface area contributed by atoms with Crippen LogP contribution in [0.1, 0.15) is 18.9 Å². The van der Waals surface area contributed by atoms with Crippen molar-refractivity contribution in [2.24, 2.45) is 0 Å². The minimum Gasteiger partial charge on any atom is -0.463 e. The maximum atomic E-state index is 10.8. The summed E-state index contributed by atoms with van der Waals surface area (Å²) in [4.78, 5) is 10.8. The quantitative estimate of drug-likeness (QED) is 0.605. The van der Waals surface area contributed by atoms with Gasteiger partial charge >= 0.3 is 5.97 Å². The Bertz CT molecular complexity index is 411. The topological polar surface area (TPSA) is 35.5 Å². The molecule has 2 atom stereocenters. The molecule has 3 heteroatoms. The average Bonchev–Trinajstić information content (AvgIpc) is 2.38. The maximum absolute atomic E-state index is 10.8. The van der Waals surface area contributed by atoms with Gasteiger partial charge in [-0.3, -0.25) is 4.79 Å². The Kier molecular flexibility index (Phi) is 4.53. The average molecular weight is 246 g/mol. The minimum absolute atomic E-state index is 0.114. The van der Waals surface area contributed by atoms with Crippen molar-refractivity contribution in [2.75, 3.05) is 6.61 Å². The van der Waals surface area contributed by atoms with Crippen molar-refractivity contribution in [1.29, 1.82) is 0 Å². The summed E-state index contributed by atoms with van der Waals surface area (Å²) in [5.74, 6) is -0.266. The molecule has 1 aromatic rings. The molecular formula is C15H18O3. The van der Waals surface area contributed by atoms with E-state index in [2.05, 4.69) is 18.2 Å². The zero-order chi connectivity index (χ0) is 12.8. The van der Waals surface area contributed by atoms with E-state index in [4.69, 9.17) is 9.47 Å². The second-order valence-corrected chi connectivity index (χ2v) is 4.45. The highest BCUT2D eigenvalue weighted by Crippen LogP contribution is 2.17. The standard InChI is InChI=1S/C15H18O3/c1-12(16)17-11-15-9-5-8-14(18-15)10-13-6-3-2-4-7-13/h2-7,9,14-15H,8,10-11H2,1H3/t14-,15-/m1/s1. The fourth-order valence-corrected chi connectivity index (χ4v) is 2.03. The largest absolute Gasteiger partial charge is 0.463 e. The van der Waals surface area contributed by atoms with Crippen LogP contribution >= 0.6 is 0 Å². The number of hydrogen-bond acceptors (Lipinski definition) is 3. The molecule has 96 valence electrons. The summed E-state index contributed by atoms with van der Waals surface area (Å²) in [6.45, 7) is 1.71. The van der Waals surface area contributed by atoms with Crippen LogP contribution in [0.2, 0.25) is 0 Å². The van der Waals surface area contributed by atoms with Crippen molar-refractivity contribution in [3.8, 4) is 0 Å². The predicted molar refractivity (Wildman–Crippen MR) is 69.2 cm³/mol. The molecule has 1 aliphatic rings. The summed E-state index contributed by atoms with van der Waals surface area (Å²) in [6.07, 6.45) is 5.91. The fraction of sp³-hybridized carbons (Fsp3) is 0.400. The Morgan fingerprint density at radius 2 is 2.17 bits per heavy atom. The molecule has 0 amide bonds. The third-order valence-electron chi connectivity index (χ3n) is 2.87. The van der Waals surface area contributed by atoms with E-state index in [1.54, 1.807) is 0 Å². The first-order chi connectivity index (χ1) is 8.74. The normalized spacial score (nSPS) is 22.7. The number of ether oxygens (including phenoxy) is 2. The van der Waals surface area contributed by atoms with Gasteiger partial charge in [0.1, 0.15) is 12.7 Å². The van der Waals surface area contributed by atoms with Gasteiger partial charge < -0.3 is 9.47 Å². The molecule has 2 rings (SSSR count). The van der Waals surface area contributed by atoms with Crippen molar-refractivity contribution in [2.45, 2.75) is 32.0 Å². The van der Waals surface area contributed by atoms with Crippen LogP contribution < -0.4 is 0 Å². The number of rotatable bonds is 4. The van der Waals surface area contributed by atoms with Crippen LogP contribution in [0.5, 0.6) is 0 Å². The highest BCUT2D eigenvalue weighted by atomic mass is 16.6. The highest BCUT2D eigenvalue weighted by molar-refractivity contribution is 5.65. The molecule has 1 aliphatic heterocycles. The van der Waals surface area contributed by atoms with Crippen LogP contribution in [0.4, 0.5) is 0 Å². The summed E-state index contributed by atoms with van der Waals surface area (Å²) >= 11 is 0. The number of carbonyl (C=O) groups is 1. The van der Waals surface area contributed by atoms with Crippen LogP contribution in [0.25, 0.3) is 0 Å². The molecule has 1 aromatic carbocycles. The van der Waals surface area contributed by atoms with E-state index in [1.165, 1.54) is 12.5 Å². The monoisotopic (exact) mass is 246 g/mol. The second kappa shape index (κ2) is 6.36. The van der Waals surface area contributed by atoms with Gasteiger partial charge in [-0.2, -0.15) is 0 Å². The molecule has 0 saturated carbocycles. The Balaban J connectivity index is 1.85. The van der Waals surface area contributed by atoms with Gasteiger partial charge in [-0.25, -0.2) is 0 Å². The van der Waals surface area contributed by atoms with Gasteiger partial charge in [0.25, 0.3) is 0 Å². The van der Waals surface area contributed by atoms with Gasteiger partial charge in [-0.1, -0.05) is 42.5 Å². The summed E-state index contributed by atoms with van der Waals surface area (Å²) in [5.41, 5.74) is 1.27. The number of esters is 1. The second-order valence-electron chi connectivity index (χ2n) is 4.45. The molecule has 0 saturated heterocycles. The molecule has 0 unspecified atom stereocenters. The zero-order valence-electron chi connectivity index (χ0n) is 10.5. The molecule has 0 spiro atoms. The molecular weight excluding hydrogens is 228 g/mol. The van der Waals surface area contributed by atoms with Gasteiger partial charge in [-0.05, 0) is 18.4 Å². The minimum atomic E-state index is -0.266. The van der Waals surface area contributed by atoms with Gasteiger partial charge in [-0.15, -0.1) is 0 Å². The van der Waals surface area contributed by atoms with Crippen LogP contribution in [-0.4, -0.2) is 24.8 Å². The van der Waals surface area contributed by atoms with E-state index in [0.717, 1.165) is 12.8 Å². The molecule has 0 bridgehead atoms. The van der Waals surface area contributed by atoms with Crippen molar-refractivity contribution in [3.05, 3.63) is 48.0 Å². The van der Waals surface area contributed by atoms with E-state index >= 15 is 0 Å². The number of carbonyl (C=O) groups excluding carboxylic acids is 1. The Labute approximate surface area is 107 Å². The van der Waals surface area contributed by atoms with E-state index in [-0.39, 0.29) is 18.2 Å². The Morgan fingerprint density at radius 1 is 1.39 bits per heavy atom. The van der Waals surface area contributed by atoms with Crippen molar-refractivity contribution >= 4 is 5.97 Å². The molecule has 3 nitrogen and oxygen atoms in total. The summed E-state index contributed by atoms with van der Waals surface area (Å²) in [6, 6.07) is 10.3. The summed E-state index contributed by atoms with van der Waals surface area (Å²) < 4.78 is 10.8. The number of hydrogen-bond donors (Lipinski definition) is 0. The Hall–Kier alpha value is -1.61. The van der Waals surface area contributed by atoms with Crippen molar-refractivity contribution < 1.29 is 14.3 Å². The third kappa shape index (κ3) is 4.00. The fourth-order valence-electron chi connectivity index (χ4n) is 2.03. The highest BCUT2D eigenvalue weighted by Gasteiger charge is 2.19. The van der Waals surface area contributed by atoms with Gasteiger partial charge in [0.15, 0.2) is 0 Å². The van der Waals surface area contributed by atoms with E-state index < -0.39 is 0 Å². The first kappa shape index (κ1) is 12.8. The van der Waals surface area contributed by atoms with Crippen LogP contribution in [0, 0.1) is 0 Å². The maximum Gasteiger partial charge on any atom is 0.302 e. The third-order valence-corrected chi connectivity index (χ3v) is 2.87.